The van der Waals surface area contributed by atoms with Crippen LogP contribution < -0.4 is 11.1 Å². The smallest absolute Gasteiger partial charge is 0.380 e. The molecule has 0 spiro atoms. The van der Waals surface area contributed by atoms with Crippen LogP contribution in [-0.2, 0) is 28.9 Å². The Hall–Kier alpha value is -3.53. The lowest BCUT2D eigenvalue weighted by molar-refractivity contribution is -0.153. The molecule has 0 radical (unpaired) electrons. The number of nitrogen functional groups attached to an aromatic ring is 1. The van der Waals surface area contributed by atoms with Crippen molar-refractivity contribution in [1.82, 2.24) is 24.8 Å². The Morgan fingerprint density at radius 2 is 1.88 bits per heavy atom. The highest BCUT2D eigenvalue weighted by molar-refractivity contribution is 7.13. The number of hydrogen-bond acceptors (Lipinski definition) is 9. The number of aromatic nitrogens is 3. The number of thiazole rings is 1. The first-order valence-electron chi connectivity index (χ1n) is 12.3. The highest BCUT2D eigenvalue weighted by Crippen LogP contribution is 2.34. The number of nitrogens with zero attached hydrogens (tertiary/aromatic N) is 4. The zero-order chi connectivity index (χ0) is 28.6. The summed E-state index contributed by atoms with van der Waals surface area (Å²) in [5.74, 6) is -2.75. The first kappa shape index (κ1) is 28.0. The van der Waals surface area contributed by atoms with Crippen LogP contribution in [0.1, 0.15) is 40.2 Å². The Morgan fingerprint density at radius 1 is 1.12 bits per heavy atom. The van der Waals surface area contributed by atoms with Crippen LogP contribution in [0, 0.1) is 0 Å². The van der Waals surface area contributed by atoms with Crippen LogP contribution in [0.15, 0.2) is 41.8 Å². The lowest BCUT2D eigenvalue weighted by Gasteiger charge is -2.27. The van der Waals surface area contributed by atoms with Gasteiger partial charge < -0.3 is 30.7 Å². The highest BCUT2D eigenvalue weighted by Gasteiger charge is 2.39. The summed E-state index contributed by atoms with van der Waals surface area (Å²) in [5, 5.41) is 25.4. The first-order valence-corrected chi connectivity index (χ1v) is 14.0. The van der Waals surface area contributed by atoms with Gasteiger partial charge in [0.1, 0.15) is 0 Å². The van der Waals surface area contributed by atoms with Gasteiger partial charge in [0, 0.05) is 21.7 Å². The average Bonchev–Trinajstić information content (AvgIpc) is 3.72. The molecule has 40 heavy (non-hydrogen) atoms. The minimum Gasteiger partial charge on any atom is -0.380 e. The summed E-state index contributed by atoms with van der Waals surface area (Å²) in [6, 6.07) is 9.23. The summed E-state index contributed by atoms with van der Waals surface area (Å²) < 4.78 is 41.9. The normalized spacial score (nSPS) is 17.3. The van der Waals surface area contributed by atoms with Crippen molar-refractivity contribution in [2.45, 2.75) is 50.4 Å². The Morgan fingerprint density at radius 3 is 2.60 bits per heavy atom. The number of para-hydroxylation sites is 2. The van der Waals surface area contributed by atoms with E-state index in [1.54, 1.807) is 35.7 Å². The van der Waals surface area contributed by atoms with E-state index in [0.717, 1.165) is 4.57 Å². The summed E-state index contributed by atoms with van der Waals surface area (Å²) >= 11 is 2.41. The molecule has 0 saturated carbocycles. The molecule has 1 aromatic carbocycles. The number of halogens is 3. The Kier molecular flexibility index (Phi) is 7.81. The van der Waals surface area contributed by atoms with E-state index in [1.165, 1.54) is 33.6 Å². The van der Waals surface area contributed by atoms with E-state index in [1.807, 2.05) is 0 Å². The fraction of sp³-hybridized carbons (Fsp3) is 0.360. The first-order chi connectivity index (χ1) is 19.0. The van der Waals surface area contributed by atoms with E-state index in [4.69, 9.17) is 5.73 Å². The number of aliphatic hydroxyl groups excluding tert-OH is 2. The van der Waals surface area contributed by atoms with Crippen LogP contribution in [0.5, 0.6) is 0 Å². The van der Waals surface area contributed by atoms with Gasteiger partial charge in [0.25, 0.3) is 11.8 Å². The van der Waals surface area contributed by atoms with Gasteiger partial charge in [-0.3, -0.25) is 9.59 Å². The molecule has 0 aliphatic carbocycles. The summed E-state index contributed by atoms with van der Waals surface area (Å²) in [5.41, 5.74) is 6.87. The van der Waals surface area contributed by atoms with Gasteiger partial charge in [0.15, 0.2) is 17.3 Å². The van der Waals surface area contributed by atoms with Gasteiger partial charge in [-0.25, -0.2) is 9.97 Å². The van der Waals surface area contributed by atoms with Crippen LogP contribution in [0.2, 0.25) is 0 Å². The molecule has 1 aliphatic rings. The van der Waals surface area contributed by atoms with E-state index in [2.05, 4.69) is 15.3 Å². The zero-order valence-electron chi connectivity index (χ0n) is 20.8. The third kappa shape index (κ3) is 5.68. The molecule has 3 atom stereocenters. The number of aliphatic hydroxyl groups is 2. The third-order valence-electron chi connectivity index (χ3n) is 6.61. The lowest BCUT2D eigenvalue weighted by atomic mass is 10.1. The predicted octanol–water partition coefficient (Wildman–Crippen LogP) is 2.91. The number of nitrogens with one attached hydrogen (secondary N) is 1. The van der Waals surface area contributed by atoms with Crippen LogP contribution in [0.25, 0.3) is 11.0 Å². The minimum absolute atomic E-state index is 0.0529. The molecular formula is C25H25F3N6O4S2. The van der Waals surface area contributed by atoms with Crippen LogP contribution in [0.3, 0.4) is 0 Å². The molecule has 3 aromatic heterocycles. The standard InChI is InChI=1S/C25H25F3N6O4S2/c26-25(27,28)23-31-15-4-1-2-5-17(15)34(23)11-14-8-7-13(40-14)10-30-21(37)19(35)20(36)22(38)33-9-3-6-18(33)16-12-39-24(29)32-16/h1-2,4-5,7-8,12,18-20,35-36H,3,6,9-11H2,(H2,29,32)(H,30,37)/t18-,19-,20-/m1/s1. The van der Waals surface area contributed by atoms with E-state index in [9.17, 15) is 33.0 Å². The van der Waals surface area contributed by atoms with Crippen molar-refractivity contribution in [3.05, 3.63) is 63.1 Å². The van der Waals surface area contributed by atoms with Crippen molar-refractivity contribution in [2.24, 2.45) is 0 Å². The Bertz CT molecular complexity index is 1530. The second-order valence-corrected chi connectivity index (χ2v) is 11.4. The summed E-state index contributed by atoms with van der Waals surface area (Å²) in [7, 11) is 0. The molecule has 4 heterocycles. The maximum atomic E-state index is 13.6. The molecule has 5 rings (SSSR count). The number of alkyl halides is 3. The van der Waals surface area contributed by atoms with Gasteiger partial charge in [-0.2, -0.15) is 13.2 Å². The SMILES string of the molecule is Nc1nc([C@H]2CCCN2C(=O)[C@H](O)[C@@H](O)C(=O)NCc2ccc(Cn3c(C(F)(F)F)nc4ccccc43)s2)cs1. The van der Waals surface area contributed by atoms with E-state index in [-0.39, 0.29) is 18.6 Å². The summed E-state index contributed by atoms with van der Waals surface area (Å²) in [6.07, 6.45) is -7.34. The molecule has 212 valence electrons. The molecule has 15 heteroatoms. The number of rotatable bonds is 8. The molecular weight excluding hydrogens is 569 g/mol. The average molecular weight is 595 g/mol. The lowest BCUT2D eigenvalue weighted by Crippen LogP contribution is -2.50. The van der Waals surface area contributed by atoms with Crippen molar-refractivity contribution in [1.29, 1.82) is 0 Å². The summed E-state index contributed by atoms with van der Waals surface area (Å²) in [6.45, 7) is 0.209. The number of amides is 2. The van der Waals surface area contributed by atoms with Crippen molar-refractivity contribution >= 4 is 50.7 Å². The largest absolute Gasteiger partial charge is 0.449 e. The van der Waals surface area contributed by atoms with Crippen molar-refractivity contribution in [2.75, 3.05) is 12.3 Å². The Balaban J connectivity index is 1.20. The molecule has 0 unspecified atom stereocenters. The molecule has 1 fully saturated rings. The van der Waals surface area contributed by atoms with E-state index < -0.39 is 42.1 Å². The fourth-order valence-electron chi connectivity index (χ4n) is 4.73. The quantitative estimate of drug-likeness (QED) is 0.245. The van der Waals surface area contributed by atoms with Gasteiger partial charge in [0.2, 0.25) is 5.82 Å². The van der Waals surface area contributed by atoms with Crippen molar-refractivity contribution < 1.29 is 33.0 Å². The number of thiophene rings is 1. The molecule has 2 amide bonds. The number of nitrogens with two attached hydrogens (primary N) is 1. The number of imidazole rings is 1. The van der Waals surface area contributed by atoms with Crippen LogP contribution in [0.4, 0.5) is 18.3 Å². The second-order valence-electron chi connectivity index (χ2n) is 9.28. The number of fused-ring (bicyclic) bond motifs is 1. The number of benzene rings is 1. The van der Waals surface area contributed by atoms with Crippen molar-refractivity contribution in [3.8, 4) is 0 Å². The zero-order valence-corrected chi connectivity index (χ0v) is 22.5. The maximum Gasteiger partial charge on any atom is 0.449 e. The van der Waals surface area contributed by atoms with Crippen molar-refractivity contribution in [3.63, 3.8) is 0 Å². The van der Waals surface area contributed by atoms with Gasteiger partial charge in [-0.1, -0.05) is 12.1 Å². The molecule has 1 saturated heterocycles. The van der Waals surface area contributed by atoms with Gasteiger partial charge in [0.05, 0.1) is 35.9 Å². The number of anilines is 1. The minimum atomic E-state index is -4.63. The molecule has 1 aliphatic heterocycles. The third-order valence-corrected chi connectivity index (χ3v) is 8.38. The van der Waals surface area contributed by atoms with Gasteiger partial charge in [-0.15, -0.1) is 22.7 Å². The number of carbonyl (C=O) groups is 2. The fourth-order valence-corrected chi connectivity index (χ4v) is 6.29. The molecule has 5 N–H and O–H groups in total. The number of hydrogen-bond donors (Lipinski definition) is 4. The Labute approximate surface area is 233 Å². The topological polar surface area (TPSA) is 147 Å². The van der Waals surface area contributed by atoms with Crippen LogP contribution in [-0.4, -0.2) is 60.2 Å². The van der Waals surface area contributed by atoms with Gasteiger partial charge in [-0.05, 0) is 37.1 Å². The van der Waals surface area contributed by atoms with Crippen LogP contribution >= 0.6 is 22.7 Å². The predicted molar refractivity (Wildman–Crippen MR) is 142 cm³/mol. The van der Waals surface area contributed by atoms with E-state index in [0.29, 0.717) is 45.5 Å². The van der Waals surface area contributed by atoms with E-state index >= 15 is 0 Å². The summed E-state index contributed by atoms with van der Waals surface area (Å²) in [4.78, 5) is 36.0. The number of likely N-dealkylation sites (tertiary alicyclic amines) is 1. The monoisotopic (exact) mass is 594 g/mol. The van der Waals surface area contributed by atoms with Gasteiger partial charge >= 0.3 is 6.18 Å². The molecule has 4 aromatic rings. The molecule has 0 bridgehead atoms. The maximum absolute atomic E-state index is 13.6. The molecule has 10 nitrogen and oxygen atoms in total. The highest BCUT2D eigenvalue weighted by atomic mass is 32.1. The second kappa shape index (κ2) is 11.2. The number of carbonyl (C=O) groups excluding carboxylic acids is 2.